The summed E-state index contributed by atoms with van der Waals surface area (Å²) < 4.78 is 39.5. The number of halogens is 2. The number of hydrogen-bond donors (Lipinski definition) is 2. The standard InChI is InChI=1S/C19H18F2N2O5/c20-19(21)28-14-5-2-12(3-6-14)18(25)22-11-17(24)23-13-4-7-15-16(10-13)27-9-1-8-26-15/h2-7,10,19H,1,8-9,11H2,(H,22,25)(H,23,24). The van der Waals surface area contributed by atoms with Crippen molar-refractivity contribution in [3.8, 4) is 17.2 Å². The maximum absolute atomic E-state index is 12.1. The molecule has 1 heterocycles. The molecule has 2 amide bonds. The Morgan fingerprint density at radius 3 is 2.46 bits per heavy atom. The van der Waals surface area contributed by atoms with Crippen LogP contribution < -0.4 is 24.8 Å². The molecule has 9 heteroatoms. The summed E-state index contributed by atoms with van der Waals surface area (Å²) in [6.07, 6.45) is 0.775. The van der Waals surface area contributed by atoms with E-state index >= 15 is 0 Å². The molecule has 7 nitrogen and oxygen atoms in total. The quantitative estimate of drug-likeness (QED) is 0.790. The third kappa shape index (κ3) is 5.32. The van der Waals surface area contributed by atoms with Gasteiger partial charge in [0.2, 0.25) is 5.91 Å². The largest absolute Gasteiger partial charge is 0.490 e. The monoisotopic (exact) mass is 392 g/mol. The molecule has 0 fully saturated rings. The zero-order valence-electron chi connectivity index (χ0n) is 14.7. The lowest BCUT2D eigenvalue weighted by molar-refractivity contribution is -0.115. The minimum atomic E-state index is -2.94. The van der Waals surface area contributed by atoms with Gasteiger partial charge in [-0.2, -0.15) is 8.78 Å². The zero-order valence-corrected chi connectivity index (χ0v) is 14.7. The van der Waals surface area contributed by atoms with Crippen LogP contribution in [0.1, 0.15) is 16.8 Å². The summed E-state index contributed by atoms with van der Waals surface area (Å²) in [7, 11) is 0. The first-order chi connectivity index (χ1) is 13.5. The summed E-state index contributed by atoms with van der Waals surface area (Å²) in [5, 5.41) is 5.11. The van der Waals surface area contributed by atoms with Crippen LogP contribution in [0.15, 0.2) is 42.5 Å². The zero-order chi connectivity index (χ0) is 19.9. The van der Waals surface area contributed by atoms with Crippen molar-refractivity contribution in [3.63, 3.8) is 0 Å². The van der Waals surface area contributed by atoms with E-state index in [-0.39, 0.29) is 17.9 Å². The van der Waals surface area contributed by atoms with Gasteiger partial charge in [-0.3, -0.25) is 9.59 Å². The molecular weight excluding hydrogens is 374 g/mol. The number of carbonyl (C=O) groups is 2. The van der Waals surface area contributed by atoms with E-state index in [1.54, 1.807) is 18.2 Å². The van der Waals surface area contributed by atoms with Gasteiger partial charge in [0, 0.05) is 23.7 Å². The van der Waals surface area contributed by atoms with E-state index in [1.165, 1.54) is 24.3 Å². The molecule has 0 atom stereocenters. The van der Waals surface area contributed by atoms with Crippen molar-refractivity contribution < 1.29 is 32.6 Å². The smallest absolute Gasteiger partial charge is 0.387 e. The Labute approximate surface area is 159 Å². The molecular formula is C19H18F2N2O5. The second-order valence-electron chi connectivity index (χ2n) is 5.85. The number of carbonyl (C=O) groups excluding carboxylic acids is 2. The second kappa shape index (κ2) is 9.03. The topological polar surface area (TPSA) is 85.9 Å². The fraction of sp³-hybridized carbons (Fsp3) is 0.263. The number of nitrogens with one attached hydrogen (secondary N) is 2. The number of anilines is 1. The Balaban J connectivity index is 1.51. The first-order valence-corrected chi connectivity index (χ1v) is 8.54. The Kier molecular flexibility index (Phi) is 6.25. The van der Waals surface area contributed by atoms with E-state index in [9.17, 15) is 18.4 Å². The minimum Gasteiger partial charge on any atom is -0.490 e. The summed E-state index contributed by atoms with van der Waals surface area (Å²) in [5.74, 6) is 0.158. The van der Waals surface area contributed by atoms with Crippen LogP contribution in [0.5, 0.6) is 17.2 Å². The van der Waals surface area contributed by atoms with E-state index in [0.29, 0.717) is 30.4 Å². The number of amides is 2. The van der Waals surface area contributed by atoms with Crippen molar-refractivity contribution in [2.75, 3.05) is 25.1 Å². The minimum absolute atomic E-state index is 0.0568. The predicted octanol–water partition coefficient (Wildman–Crippen LogP) is 2.82. The highest BCUT2D eigenvalue weighted by molar-refractivity contribution is 5.99. The van der Waals surface area contributed by atoms with Gasteiger partial charge < -0.3 is 24.8 Å². The number of alkyl halides is 2. The first-order valence-electron chi connectivity index (χ1n) is 8.54. The summed E-state index contributed by atoms with van der Waals surface area (Å²) in [6, 6.07) is 10.2. The van der Waals surface area contributed by atoms with Crippen molar-refractivity contribution in [2.45, 2.75) is 13.0 Å². The summed E-state index contributed by atoms with van der Waals surface area (Å²) >= 11 is 0. The second-order valence-corrected chi connectivity index (χ2v) is 5.85. The van der Waals surface area contributed by atoms with Crippen molar-refractivity contribution >= 4 is 17.5 Å². The van der Waals surface area contributed by atoms with Crippen molar-refractivity contribution in [1.29, 1.82) is 0 Å². The maximum atomic E-state index is 12.1. The van der Waals surface area contributed by atoms with E-state index < -0.39 is 18.4 Å². The van der Waals surface area contributed by atoms with E-state index in [0.717, 1.165) is 6.42 Å². The third-order valence-corrected chi connectivity index (χ3v) is 3.78. The van der Waals surface area contributed by atoms with Gasteiger partial charge in [-0.1, -0.05) is 0 Å². The molecule has 0 saturated heterocycles. The Bertz CT molecular complexity index is 843. The lowest BCUT2D eigenvalue weighted by Gasteiger charge is -2.11. The van der Waals surface area contributed by atoms with E-state index in [2.05, 4.69) is 15.4 Å². The number of hydrogen-bond acceptors (Lipinski definition) is 5. The van der Waals surface area contributed by atoms with Gasteiger partial charge >= 0.3 is 6.61 Å². The van der Waals surface area contributed by atoms with Crippen LogP contribution in [0.4, 0.5) is 14.5 Å². The molecule has 1 aliphatic heterocycles. The average molecular weight is 392 g/mol. The Hall–Kier alpha value is -3.36. The molecule has 2 aromatic rings. The highest BCUT2D eigenvalue weighted by atomic mass is 19.3. The number of ether oxygens (including phenoxy) is 3. The van der Waals surface area contributed by atoms with E-state index in [1.807, 2.05) is 0 Å². The van der Waals surface area contributed by atoms with Crippen LogP contribution in [0.2, 0.25) is 0 Å². The fourth-order valence-corrected chi connectivity index (χ4v) is 2.50. The normalized spacial score (nSPS) is 12.8. The number of rotatable bonds is 6. The van der Waals surface area contributed by atoms with Gasteiger partial charge in [0.25, 0.3) is 5.91 Å². The number of fused-ring (bicyclic) bond motifs is 1. The van der Waals surface area contributed by atoms with Crippen LogP contribution in [-0.4, -0.2) is 38.2 Å². The van der Waals surface area contributed by atoms with Gasteiger partial charge in [-0.05, 0) is 36.4 Å². The van der Waals surface area contributed by atoms with Crippen molar-refractivity contribution in [1.82, 2.24) is 5.32 Å². The molecule has 0 saturated carbocycles. The molecule has 148 valence electrons. The molecule has 2 aromatic carbocycles. The van der Waals surface area contributed by atoms with Crippen molar-refractivity contribution in [2.24, 2.45) is 0 Å². The first kappa shape index (κ1) is 19.4. The summed E-state index contributed by atoms with van der Waals surface area (Å²) in [4.78, 5) is 24.1. The molecule has 3 rings (SSSR count). The van der Waals surface area contributed by atoms with Crippen LogP contribution in [-0.2, 0) is 4.79 Å². The molecule has 0 radical (unpaired) electrons. The molecule has 2 N–H and O–H groups in total. The van der Waals surface area contributed by atoms with Crippen LogP contribution in [0, 0.1) is 0 Å². The lowest BCUT2D eigenvalue weighted by atomic mass is 10.2. The molecule has 0 bridgehead atoms. The molecule has 0 unspecified atom stereocenters. The van der Waals surface area contributed by atoms with Crippen LogP contribution in [0.3, 0.4) is 0 Å². The molecule has 1 aliphatic rings. The third-order valence-electron chi connectivity index (χ3n) is 3.78. The van der Waals surface area contributed by atoms with Crippen molar-refractivity contribution in [3.05, 3.63) is 48.0 Å². The number of benzene rings is 2. The molecule has 28 heavy (non-hydrogen) atoms. The molecule has 0 spiro atoms. The van der Waals surface area contributed by atoms with Gasteiger partial charge in [-0.25, -0.2) is 0 Å². The van der Waals surface area contributed by atoms with Crippen LogP contribution >= 0.6 is 0 Å². The highest BCUT2D eigenvalue weighted by Crippen LogP contribution is 2.32. The maximum Gasteiger partial charge on any atom is 0.387 e. The molecule has 0 aliphatic carbocycles. The summed E-state index contributed by atoms with van der Waals surface area (Å²) in [6.45, 7) is -2.10. The van der Waals surface area contributed by atoms with Gasteiger partial charge in [0.1, 0.15) is 5.75 Å². The van der Waals surface area contributed by atoms with Crippen LogP contribution in [0.25, 0.3) is 0 Å². The van der Waals surface area contributed by atoms with Gasteiger partial charge in [0.05, 0.1) is 19.8 Å². The molecule has 0 aromatic heterocycles. The Morgan fingerprint density at radius 1 is 1.04 bits per heavy atom. The van der Waals surface area contributed by atoms with Gasteiger partial charge in [-0.15, -0.1) is 0 Å². The average Bonchev–Trinajstić information content (AvgIpc) is 2.91. The lowest BCUT2D eigenvalue weighted by Crippen LogP contribution is -2.32. The van der Waals surface area contributed by atoms with E-state index in [4.69, 9.17) is 9.47 Å². The SMILES string of the molecule is O=C(CNC(=O)c1ccc(OC(F)F)cc1)Nc1ccc2c(c1)OCCCO2. The highest BCUT2D eigenvalue weighted by Gasteiger charge is 2.13. The predicted molar refractivity (Wildman–Crippen MR) is 96.1 cm³/mol. The Morgan fingerprint density at radius 2 is 1.75 bits per heavy atom. The fourth-order valence-electron chi connectivity index (χ4n) is 2.50. The van der Waals surface area contributed by atoms with Gasteiger partial charge in [0.15, 0.2) is 11.5 Å². The summed E-state index contributed by atoms with van der Waals surface area (Å²) in [5.41, 5.74) is 0.724.